The van der Waals surface area contributed by atoms with E-state index in [4.69, 9.17) is 4.42 Å². The number of aryl methyl sites for hydroxylation is 1. The maximum Gasteiger partial charge on any atom is 0.255 e. The Bertz CT molecular complexity index is 1270. The van der Waals surface area contributed by atoms with Crippen LogP contribution in [0.3, 0.4) is 0 Å². The molecule has 3 rings (SSSR count). The van der Waals surface area contributed by atoms with Crippen LogP contribution in [-0.4, -0.2) is 55.3 Å². The molecule has 0 aliphatic heterocycles. The highest BCUT2D eigenvalue weighted by molar-refractivity contribution is 14.1. The van der Waals surface area contributed by atoms with Gasteiger partial charge < -0.3 is 19.2 Å². The lowest BCUT2D eigenvalue weighted by Crippen LogP contribution is -2.27. The van der Waals surface area contributed by atoms with Gasteiger partial charge in [0.1, 0.15) is 5.76 Å². The van der Waals surface area contributed by atoms with E-state index in [1.807, 2.05) is 31.2 Å². The quantitative estimate of drug-likeness (QED) is 0.138. The van der Waals surface area contributed by atoms with E-state index in [0.717, 1.165) is 11.1 Å². The number of halogens is 1. The van der Waals surface area contributed by atoms with Gasteiger partial charge >= 0.3 is 0 Å². The monoisotopic (exact) mass is 632 g/mol. The lowest BCUT2D eigenvalue weighted by Gasteiger charge is -2.24. The van der Waals surface area contributed by atoms with Gasteiger partial charge in [0.15, 0.2) is 7.37 Å². The van der Waals surface area contributed by atoms with E-state index < -0.39 is 18.6 Å². The molecule has 1 amide bonds. The van der Waals surface area contributed by atoms with Gasteiger partial charge in [0.2, 0.25) is 5.71 Å². The molecule has 12 heteroatoms. The molecule has 2 atom stereocenters. The van der Waals surface area contributed by atoms with Crippen LogP contribution in [0.15, 0.2) is 34.7 Å². The molecule has 35 heavy (non-hydrogen) atoms. The maximum atomic E-state index is 12.7. The molecule has 0 saturated heterocycles. The molecular weight excluding hydrogens is 604 g/mol. The van der Waals surface area contributed by atoms with Gasteiger partial charge in [-0.05, 0) is 48.4 Å². The number of amides is 1. The Hall–Kier alpha value is -1.63. The van der Waals surface area contributed by atoms with Crippen molar-refractivity contribution in [3.8, 4) is 11.3 Å². The lowest BCUT2D eigenvalue weighted by atomic mass is 10.0. The summed E-state index contributed by atoms with van der Waals surface area (Å²) in [5, 5.41) is 3.20. The molecule has 0 aliphatic carbocycles. The molecular formula is C23H28IN3O6PS-. The Labute approximate surface area is 220 Å². The van der Waals surface area contributed by atoms with E-state index in [9.17, 15) is 23.0 Å². The molecule has 9 nitrogen and oxygen atoms in total. The average molecular weight is 632 g/mol. The summed E-state index contributed by atoms with van der Waals surface area (Å²) in [4.78, 5) is 26.7. The first-order valence-corrected chi connectivity index (χ1v) is 15.4. The molecule has 1 aromatic carbocycles. The number of fused-ring (bicyclic) bond motifs is 1. The number of benzene rings is 1. The Kier molecular flexibility index (Phi) is 9.64. The number of hydrogen-bond acceptors (Lipinski definition) is 6. The van der Waals surface area contributed by atoms with Crippen molar-refractivity contribution >= 4 is 58.2 Å². The number of pyridine rings is 1. The summed E-state index contributed by atoms with van der Waals surface area (Å²) in [6, 6.07) is 9.40. The van der Waals surface area contributed by atoms with Crippen molar-refractivity contribution in [2.75, 3.05) is 26.4 Å². The van der Waals surface area contributed by atoms with Crippen molar-refractivity contribution in [1.29, 1.82) is 0 Å². The summed E-state index contributed by atoms with van der Waals surface area (Å²) in [5.74, 6) is 0.104. The standard InChI is InChI=1S/C23H29IN3O6PS/c1-15-7-9-16(10-8-15)21-20(22(28)25-2)17-13-18(24)19(26-23(17)33-21)14-27(35(31)32)11-5-4-6-12-34(3,29)30/h7-10,13H,4-6,11-12,14H2,1-3H3,(H,25,28)(H,29,30)(H,31,32)/p-1. The van der Waals surface area contributed by atoms with Gasteiger partial charge in [-0.1, -0.05) is 36.2 Å². The van der Waals surface area contributed by atoms with Gasteiger partial charge in [0.05, 0.1) is 23.2 Å². The Morgan fingerprint density at radius 3 is 2.57 bits per heavy atom. The van der Waals surface area contributed by atoms with Gasteiger partial charge in [0, 0.05) is 46.8 Å². The number of carbonyl (C=O) groups excluding carboxylic acids is 1. The number of aromatic nitrogens is 1. The van der Waals surface area contributed by atoms with Crippen LogP contribution in [0.2, 0.25) is 0 Å². The molecule has 190 valence electrons. The highest BCUT2D eigenvalue weighted by atomic mass is 127. The minimum absolute atomic E-state index is 0.0481. The summed E-state index contributed by atoms with van der Waals surface area (Å²) in [5.41, 5.74) is 2.97. The van der Waals surface area contributed by atoms with Gasteiger partial charge in [-0.2, -0.15) is 0 Å². The van der Waals surface area contributed by atoms with Crippen LogP contribution in [0, 0.1) is 10.5 Å². The van der Waals surface area contributed by atoms with Crippen LogP contribution >= 0.6 is 30.0 Å². The number of rotatable bonds is 11. The second-order valence-corrected chi connectivity index (χ2v) is 13.1. The predicted octanol–water partition coefficient (Wildman–Crippen LogP) is 4.43. The maximum absolute atomic E-state index is 12.7. The Morgan fingerprint density at radius 1 is 1.29 bits per heavy atom. The van der Waals surface area contributed by atoms with E-state index >= 15 is 0 Å². The summed E-state index contributed by atoms with van der Waals surface area (Å²) in [7, 11) is -1.51. The number of carbonyl (C=O) groups is 1. The van der Waals surface area contributed by atoms with Gasteiger partial charge in [-0.15, -0.1) is 0 Å². The second kappa shape index (κ2) is 12.1. The van der Waals surface area contributed by atoms with Crippen molar-refractivity contribution in [3.05, 3.63) is 50.7 Å². The topological polar surface area (TPSA) is 136 Å². The van der Waals surface area contributed by atoms with E-state index in [2.05, 4.69) is 32.9 Å². The van der Waals surface area contributed by atoms with Crippen molar-refractivity contribution in [3.63, 3.8) is 0 Å². The fraction of sp³-hybridized carbons (Fsp3) is 0.391. The van der Waals surface area contributed by atoms with Crippen LogP contribution in [-0.2, 0) is 22.4 Å². The molecule has 2 N–H and O–H groups in total. The zero-order chi connectivity index (χ0) is 25.8. The van der Waals surface area contributed by atoms with E-state index in [-0.39, 0.29) is 30.9 Å². The highest BCUT2D eigenvalue weighted by Gasteiger charge is 2.24. The van der Waals surface area contributed by atoms with E-state index in [0.29, 0.717) is 45.2 Å². The smallest absolute Gasteiger partial charge is 0.255 e. The molecule has 3 aromatic rings. The molecule has 2 heterocycles. The van der Waals surface area contributed by atoms with Crippen LogP contribution in [0.25, 0.3) is 22.4 Å². The number of furan rings is 1. The highest BCUT2D eigenvalue weighted by Crippen LogP contribution is 2.36. The summed E-state index contributed by atoms with van der Waals surface area (Å²) in [6.45, 7) is 3.61. The van der Waals surface area contributed by atoms with Crippen LogP contribution < -0.4 is 5.32 Å². The summed E-state index contributed by atoms with van der Waals surface area (Å²) >= 11 is -0.384. The van der Waals surface area contributed by atoms with Crippen LogP contribution in [0.5, 0.6) is 0 Å². The number of nitrogens with zero attached hydrogens (tertiary/aromatic N) is 2. The first-order valence-electron chi connectivity index (χ1n) is 11.0. The largest absolute Gasteiger partial charge is 0.760 e. The molecule has 0 fully saturated rings. The van der Waals surface area contributed by atoms with Crippen molar-refractivity contribution in [2.24, 2.45) is 0 Å². The number of hydrogen-bond donors (Lipinski definition) is 2. The van der Waals surface area contributed by atoms with E-state index in [1.165, 1.54) is 11.0 Å². The fourth-order valence-electron chi connectivity index (χ4n) is 3.65. The molecule has 2 aromatic heterocycles. The minimum Gasteiger partial charge on any atom is -0.760 e. The van der Waals surface area contributed by atoms with E-state index in [1.54, 1.807) is 13.1 Å². The third kappa shape index (κ3) is 7.43. The third-order valence-corrected chi connectivity index (χ3v) is 8.31. The number of nitrogens with one attached hydrogen (secondary N) is 1. The van der Waals surface area contributed by atoms with Gasteiger partial charge in [0.25, 0.3) is 5.91 Å². The second-order valence-electron chi connectivity index (χ2n) is 8.44. The molecule has 0 spiro atoms. The molecule has 0 radical (unpaired) electrons. The van der Waals surface area contributed by atoms with Crippen LogP contribution in [0.1, 0.15) is 40.9 Å². The average Bonchev–Trinajstić information content (AvgIpc) is 3.15. The first kappa shape index (κ1) is 27.9. The fourth-order valence-corrected chi connectivity index (χ4v) is 5.57. The van der Waals surface area contributed by atoms with Gasteiger partial charge in [-0.3, -0.25) is 13.6 Å². The first-order chi connectivity index (χ1) is 16.5. The Balaban J connectivity index is 1.88. The molecule has 2 unspecified atom stereocenters. The van der Waals surface area contributed by atoms with Crippen molar-refractivity contribution in [2.45, 2.75) is 32.7 Å². The molecule has 0 saturated carbocycles. The van der Waals surface area contributed by atoms with Crippen LogP contribution in [0.4, 0.5) is 0 Å². The normalized spacial score (nSPS) is 14.3. The summed E-state index contributed by atoms with van der Waals surface area (Å²) < 4.78 is 43.1. The molecule has 0 bridgehead atoms. The molecule has 0 aliphatic rings. The lowest BCUT2D eigenvalue weighted by molar-refractivity contribution is 0.0964. The minimum atomic E-state index is -3.06. The predicted molar refractivity (Wildman–Crippen MR) is 144 cm³/mol. The van der Waals surface area contributed by atoms with Crippen molar-refractivity contribution < 1.29 is 27.4 Å². The zero-order valence-electron chi connectivity index (χ0n) is 19.7. The third-order valence-electron chi connectivity index (χ3n) is 5.49. The summed E-state index contributed by atoms with van der Waals surface area (Å²) in [6.07, 6.45) is 1.98. The number of unbranched alkanes of at least 4 members (excludes halogenated alkanes) is 2. The SMILES string of the molecule is CNC(=O)c1c(-c2ccc(C)cc2)oc2nc(CN(CCCCCP(C)(=O)O)S(=O)[O-])c(I)cc12. The van der Waals surface area contributed by atoms with Gasteiger partial charge in [-0.25, -0.2) is 9.29 Å². The Morgan fingerprint density at radius 2 is 1.97 bits per heavy atom. The van der Waals surface area contributed by atoms with Crippen molar-refractivity contribution in [1.82, 2.24) is 14.6 Å². The zero-order valence-corrected chi connectivity index (χ0v) is 23.6.